The van der Waals surface area contributed by atoms with Gasteiger partial charge >= 0.3 is 0 Å². The molecule has 1 heterocycles. The highest BCUT2D eigenvalue weighted by Crippen LogP contribution is 2.59. The summed E-state index contributed by atoms with van der Waals surface area (Å²) in [4.78, 5) is 0. The Morgan fingerprint density at radius 1 is 0.283 bits per heavy atom. The van der Waals surface area contributed by atoms with E-state index in [0.29, 0.717) is 0 Å². The minimum Gasteiger partial charge on any atom is -0.456 e. The molecule has 0 spiro atoms. The van der Waals surface area contributed by atoms with Crippen LogP contribution in [0.15, 0.2) is 217 Å². The van der Waals surface area contributed by atoms with Crippen LogP contribution < -0.4 is 15.9 Å². The van der Waals surface area contributed by atoms with Gasteiger partial charge in [-0.25, -0.2) is 0 Å². The Hall–Kier alpha value is -7.31. The maximum atomic E-state index is 6.96. The zero-order valence-electron chi connectivity index (χ0n) is 32.6. The summed E-state index contributed by atoms with van der Waals surface area (Å²) in [6.45, 7) is 0. The summed E-state index contributed by atoms with van der Waals surface area (Å²) in [5.41, 5.74) is 11.9. The summed E-state index contributed by atoms with van der Waals surface area (Å²) in [5.74, 6) is 0. The van der Waals surface area contributed by atoms with Gasteiger partial charge < -0.3 is 4.42 Å². The Morgan fingerprint density at radius 3 is 1.40 bits per heavy atom. The molecule has 0 radical (unpaired) electrons. The fourth-order valence-corrected chi connectivity index (χ4v) is 12.5. The summed E-state index contributed by atoms with van der Waals surface area (Å²) >= 11 is 0. The molecule has 0 aliphatic heterocycles. The maximum absolute atomic E-state index is 6.96. The summed E-state index contributed by atoms with van der Waals surface area (Å²) in [6.07, 6.45) is 0. The molecule has 60 heavy (non-hydrogen) atoms. The lowest BCUT2D eigenvalue weighted by molar-refractivity contribution is 0.669. The van der Waals surface area contributed by atoms with Crippen LogP contribution in [0, 0.1) is 0 Å². The van der Waals surface area contributed by atoms with Crippen LogP contribution in [0.3, 0.4) is 0 Å². The molecule has 11 aromatic carbocycles. The van der Waals surface area contributed by atoms with Crippen molar-refractivity contribution < 1.29 is 4.42 Å². The molecular formula is C58H35OP. The average Bonchev–Trinajstić information content (AvgIpc) is 3.85. The third-order valence-corrected chi connectivity index (χ3v) is 15.1. The smallest absolute Gasteiger partial charge is 0.136 e. The Bertz CT molecular complexity index is 3630. The van der Waals surface area contributed by atoms with Crippen molar-refractivity contribution in [2.45, 2.75) is 0 Å². The zero-order valence-corrected chi connectivity index (χ0v) is 33.5. The van der Waals surface area contributed by atoms with Gasteiger partial charge in [-0.1, -0.05) is 182 Å². The highest BCUT2D eigenvalue weighted by molar-refractivity contribution is 7.79. The minimum atomic E-state index is -0.904. The van der Waals surface area contributed by atoms with Crippen molar-refractivity contribution in [2.75, 3.05) is 0 Å². The second-order valence-corrected chi connectivity index (χ2v) is 18.2. The molecule has 0 amide bonds. The van der Waals surface area contributed by atoms with Crippen LogP contribution >= 0.6 is 7.92 Å². The van der Waals surface area contributed by atoms with Crippen LogP contribution in [0.5, 0.6) is 0 Å². The molecule has 0 fully saturated rings. The molecule has 1 aliphatic carbocycles. The predicted molar refractivity (Wildman–Crippen MR) is 258 cm³/mol. The van der Waals surface area contributed by atoms with Crippen LogP contribution in [0.2, 0.25) is 0 Å². The third-order valence-electron chi connectivity index (χ3n) is 12.7. The van der Waals surface area contributed by atoms with E-state index in [4.69, 9.17) is 4.42 Å². The molecule has 13 rings (SSSR count). The SMILES string of the molecule is c1ccc(-c2c3c(c(-c4ccccc4)c4ccccc24)-c2cc4oc5ccc(P(c6ccc7ccccc7c6)c6ccc7ccccc7c6)cc5c4c4cccc-3c24)cc1. The van der Waals surface area contributed by atoms with E-state index >= 15 is 0 Å². The predicted octanol–water partition coefficient (Wildman–Crippen LogP) is 14.9. The molecular weight excluding hydrogens is 744 g/mol. The van der Waals surface area contributed by atoms with Crippen molar-refractivity contribution in [3.05, 3.63) is 212 Å². The van der Waals surface area contributed by atoms with E-state index < -0.39 is 7.92 Å². The van der Waals surface area contributed by atoms with E-state index in [0.717, 1.165) is 16.6 Å². The van der Waals surface area contributed by atoms with E-state index in [-0.39, 0.29) is 0 Å². The summed E-state index contributed by atoms with van der Waals surface area (Å²) < 4.78 is 6.96. The molecule has 1 nitrogen and oxygen atoms in total. The molecule has 0 saturated heterocycles. The number of rotatable bonds is 5. The molecule has 0 bridgehead atoms. The third kappa shape index (κ3) is 4.97. The van der Waals surface area contributed by atoms with Gasteiger partial charge in [0.15, 0.2) is 0 Å². The van der Waals surface area contributed by atoms with Gasteiger partial charge in [0.25, 0.3) is 0 Å². The molecule has 0 atom stereocenters. The Morgan fingerprint density at radius 2 is 0.783 bits per heavy atom. The van der Waals surface area contributed by atoms with Gasteiger partial charge in [0.05, 0.1) is 0 Å². The lowest BCUT2D eigenvalue weighted by Gasteiger charge is -2.20. The first kappa shape index (κ1) is 33.6. The van der Waals surface area contributed by atoms with Crippen LogP contribution in [-0.2, 0) is 0 Å². The van der Waals surface area contributed by atoms with Gasteiger partial charge in [-0.15, -0.1) is 0 Å². The molecule has 0 N–H and O–H groups in total. The van der Waals surface area contributed by atoms with Crippen molar-refractivity contribution >= 4 is 88.9 Å². The number of hydrogen-bond donors (Lipinski definition) is 0. The molecule has 1 aromatic heterocycles. The monoisotopic (exact) mass is 778 g/mol. The maximum Gasteiger partial charge on any atom is 0.136 e. The van der Waals surface area contributed by atoms with Crippen molar-refractivity contribution in [1.82, 2.24) is 0 Å². The number of hydrogen-bond acceptors (Lipinski definition) is 1. The minimum absolute atomic E-state index is 0.904. The number of benzene rings is 11. The highest BCUT2D eigenvalue weighted by atomic mass is 31.1. The first-order valence-electron chi connectivity index (χ1n) is 20.7. The zero-order chi connectivity index (χ0) is 39.3. The highest BCUT2D eigenvalue weighted by Gasteiger charge is 2.32. The molecule has 12 aromatic rings. The summed E-state index contributed by atoms with van der Waals surface area (Å²) in [5, 5.41) is 16.4. The topological polar surface area (TPSA) is 13.1 Å². The van der Waals surface area contributed by atoms with Gasteiger partial charge in [0, 0.05) is 10.8 Å². The first-order chi connectivity index (χ1) is 29.8. The average molecular weight is 779 g/mol. The molecule has 278 valence electrons. The van der Waals surface area contributed by atoms with E-state index in [1.165, 1.54) is 109 Å². The van der Waals surface area contributed by atoms with Crippen LogP contribution in [0.1, 0.15) is 0 Å². The Kier molecular flexibility index (Phi) is 7.35. The Balaban J connectivity index is 1.10. The van der Waals surface area contributed by atoms with E-state index in [1.54, 1.807) is 0 Å². The molecule has 0 saturated carbocycles. The van der Waals surface area contributed by atoms with Crippen molar-refractivity contribution in [1.29, 1.82) is 0 Å². The summed E-state index contributed by atoms with van der Waals surface area (Å²) in [6, 6.07) is 78.5. The van der Waals surface area contributed by atoms with Gasteiger partial charge in [-0.3, -0.25) is 0 Å². The largest absolute Gasteiger partial charge is 0.456 e. The first-order valence-corrected chi connectivity index (χ1v) is 22.0. The number of fused-ring (bicyclic) bond motifs is 10. The quantitative estimate of drug-likeness (QED) is 0.159. The summed E-state index contributed by atoms with van der Waals surface area (Å²) in [7, 11) is -0.904. The second kappa shape index (κ2) is 13.1. The lowest BCUT2D eigenvalue weighted by atomic mass is 9.82. The fraction of sp³-hybridized carbons (Fsp3) is 0. The molecule has 0 unspecified atom stereocenters. The molecule has 1 aliphatic rings. The second-order valence-electron chi connectivity index (χ2n) is 16.0. The van der Waals surface area contributed by atoms with E-state index in [9.17, 15) is 0 Å². The normalized spacial score (nSPS) is 12.2. The van der Waals surface area contributed by atoms with E-state index in [1.807, 2.05) is 0 Å². The van der Waals surface area contributed by atoms with Gasteiger partial charge in [-0.2, -0.15) is 0 Å². The fourth-order valence-electron chi connectivity index (χ4n) is 10.1. The number of furan rings is 1. The van der Waals surface area contributed by atoms with Crippen LogP contribution in [0.4, 0.5) is 0 Å². The van der Waals surface area contributed by atoms with Crippen molar-refractivity contribution in [3.63, 3.8) is 0 Å². The molecule has 2 heteroatoms. The Labute approximate surface area is 348 Å². The van der Waals surface area contributed by atoms with Gasteiger partial charge in [-0.05, 0) is 142 Å². The standard InChI is InChI=1S/C58H35OP/c1-3-16-38(17-4-1)53-45-22-11-12-23-46(45)54(39-18-5-2-6-19-39)58-50-35-52-56(47-24-13-25-48(55(47)50)57(53)58)49-34-44(30-31-51(49)59-52)60(42-28-26-36-14-7-9-20-40(36)32-42)43-29-27-37-15-8-10-21-41(37)33-43/h1-35H. The van der Waals surface area contributed by atoms with Gasteiger partial charge in [0.1, 0.15) is 11.2 Å². The van der Waals surface area contributed by atoms with Crippen molar-refractivity contribution in [2.24, 2.45) is 0 Å². The van der Waals surface area contributed by atoms with Crippen LogP contribution in [0.25, 0.3) is 110 Å². The lowest BCUT2D eigenvalue weighted by Crippen LogP contribution is -2.20. The van der Waals surface area contributed by atoms with Gasteiger partial charge in [0.2, 0.25) is 0 Å². The van der Waals surface area contributed by atoms with Crippen LogP contribution in [-0.4, -0.2) is 0 Å². The van der Waals surface area contributed by atoms with Crippen molar-refractivity contribution in [3.8, 4) is 44.5 Å². The van der Waals surface area contributed by atoms with E-state index in [2.05, 4.69) is 212 Å².